The molecule has 0 bridgehead atoms. The molecule has 2 N–H and O–H groups in total. The average molecular weight is 190 g/mol. The van der Waals surface area contributed by atoms with Gasteiger partial charge in [-0.1, -0.05) is 18.7 Å². The normalized spacial score (nSPS) is 9.64. The molecule has 3 heteroatoms. The lowest BCUT2D eigenvalue weighted by molar-refractivity contribution is -0.115. The summed E-state index contributed by atoms with van der Waals surface area (Å²) in [7, 11) is 0. The van der Waals surface area contributed by atoms with Crippen LogP contribution in [0.25, 0.3) is 0 Å². The summed E-state index contributed by atoms with van der Waals surface area (Å²) >= 11 is 0. The van der Waals surface area contributed by atoms with E-state index in [1.54, 1.807) is 13.0 Å². The van der Waals surface area contributed by atoms with Crippen LogP contribution in [0.1, 0.15) is 12.5 Å². The van der Waals surface area contributed by atoms with Crippen molar-refractivity contribution in [1.29, 1.82) is 0 Å². The van der Waals surface area contributed by atoms with Gasteiger partial charge in [0.05, 0.1) is 5.69 Å². The van der Waals surface area contributed by atoms with Crippen molar-refractivity contribution in [3.63, 3.8) is 0 Å². The standard InChI is InChI=1S/C11H14N2O/c1-8(2)11(14)13(12)10-6-4-5-9(3)7-10/h4-7H,1,12H2,2-3H3. The van der Waals surface area contributed by atoms with Gasteiger partial charge in [0.15, 0.2) is 0 Å². The molecule has 0 aliphatic rings. The van der Waals surface area contributed by atoms with Gasteiger partial charge < -0.3 is 0 Å². The van der Waals surface area contributed by atoms with Crippen LogP contribution >= 0.6 is 0 Å². The highest BCUT2D eigenvalue weighted by atomic mass is 16.2. The number of nitrogens with zero attached hydrogens (tertiary/aromatic N) is 1. The first-order valence-corrected chi connectivity index (χ1v) is 4.33. The number of carbonyl (C=O) groups excluding carboxylic acids is 1. The lowest BCUT2D eigenvalue weighted by Crippen LogP contribution is -2.37. The molecule has 1 aromatic carbocycles. The second-order valence-electron chi connectivity index (χ2n) is 3.29. The van der Waals surface area contributed by atoms with Crippen molar-refractivity contribution >= 4 is 11.6 Å². The van der Waals surface area contributed by atoms with Gasteiger partial charge in [0.1, 0.15) is 0 Å². The second kappa shape index (κ2) is 4.07. The molecule has 0 spiro atoms. The Morgan fingerprint density at radius 3 is 2.64 bits per heavy atom. The fraction of sp³-hybridized carbons (Fsp3) is 0.182. The van der Waals surface area contributed by atoms with Gasteiger partial charge in [-0.3, -0.25) is 4.79 Å². The zero-order valence-electron chi connectivity index (χ0n) is 8.45. The van der Waals surface area contributed by atoms with Crippen LogP contribution in [0.4, 0.5) is 5.69 Å². The van der Waals surface area contributed by atoms with Crippen LogP contribution in [0.2, 0.25) is 0 Å². The Bertz CT molecular complexity index is 371. The van der Waals surface area contributed by atoms with Gasteiger partial charge in [-0.15, -0.1) is 0 Å². The van der Waals surface area contributed by atoms with Crippen molar-refractivity contribution in [2.24, 2.45) is 5.84 Å². The summed E-state index contributed by atoms with van der Waals surface area (Å²) in [6.07, 6.45) is 0. The number of carbonyl (C=O) groups is 1. The Balaban J connectivity index is 2.95. The fourth-order valence-corrected chi connectivity index (χ4v) is 1.10. The number of amides is 1. The molecule has 0 radical (unpaired) electrons. The molecule has 0 saturated carbocycles. The Labute approximate surface area is 83.8 Å². The van der Waals surface area contributed by atoms with Crippen molar-refractivity contribution in [3.05, 3.63) is 42.0 Å². The maximum absolute atomic E-state index is 11.5. The minimum Gasteiger partial charge on any atom is -0.268 e. The molecule has 1 amide bonds. The molecule has 0 unspecified atom stereocenters. The average Bonchev–Trinajstić information content (AvgIpc) is 2.15. The van der Waals surface area contributed by atoms with Crippen molar-refractivity contribution in [1.82, 2.24) is 0 Å². The van der Waals surface area contributed by atoms with E-state index >= 15 is 0 Å². The number of benzene rings is 1. The Hall–Kier alpha value is -1.61. The van der Waals surface area contributed by atoms with Gasteiger partial charge in [-0.2, -0.15) is 0 Å². The molecule has 1 rings (SSSR count). The summed E-state index contributed by atoms with van der Waals surface area (Å²) < 4.78 is 0. The van der Waals surface area contributed by atoms with Crippen LogP contribution in [0.5, 0.6) is 0 Å². The van der Waals surface area contributed by atoms with E-state index in [2.05, 4.69) is 6.58 Å². The monoisotopic (exact) mass is 190 g/mol. The predicted molar refractivity (Wildman–Crippen MR) is 57.7 cm³/mol. The number of anilines is 1. The van der Waals surface area contributed by atoms with E-state index in [9.17, 15) is 4.79 Å². The van der Waals surface area contributed by atoms with Crippen LogP contribution in [0, 0.1) is 6.92 Å². The summed E-state index contributed by atoms with van der Waals surface area (Å²) in [6.45, 7) is 7.14. The zero-order valence-corrected chi connectivity index (χ0v) is 8.45. The van der Waals surface area contributed by atoms with Crippen molar-refractivity contribution < 1.29 is 4.79 Å². The molecule has 0 fully saturated rings. The molecule has 0 aliphatic carbocycles. The Kier molecular flexibility index (Phi) is 3.04. The second-order valence-corrected chi connectivity index (χ2v) is 3.29. The summed E-state index contributed by atoms with van der Waals surface area (Å²) in [6, 6.07) is 7.44. The number of rotatable bonds is 2. The van der Waals surface area contributed by atoms with Crippen molar-refractivity contribution in [3.8, 4) is 0 Å². The third kappa shape index (κ3) is 2.20. The van der Waals surface area contributed by atoms with E-state index in [0.29, 0.717) is 11.3 Å². The minimum atomic E-state index is -0.268. The maximum atomic E-state index is 11.5. The molecule has 74 valence electrons. The van der Waals surface area contributed by atoms with Crippen LogP contribution in [0.3, 0.4) is 0 Å². The van der Waals surface area contributed by atoms with E-state index in [4.69, 9.17) is 5.84 Å². The molecule has 14 heavy (non-hydrogen) atoms. The quantitative estimate of drug-likeness (QED) is 0.334. The topological polar surface area (TPSA) is 46.3 Å². The SMILES string of the molecule is C=C(C)C(=O)N(N)c1cccc(C)c1. The molecular formula is C11H14N2O. The molecular weight excluding hydrogens is 176 g/mol. The summed E-state index contributed by atoms with van der Waals surface area (Å²) in [5, 5.41) is 1.11. The van der Waals surface area contributed by atoms with Crippen LogP contribution < -0.4 is 10.9 Å². The summed E-state index contributed by atoms with van der Waals surface area (Å²) in [4.78, 5) is 11.5. The van der Waals surface area contributed by atoms with Crippen LogP contribution in [0.15, 0.2) is 36.4 Å². The molecule has 3 nitrogen and oxygen atoms in total. The number of hydrazine groups is 1. The molecule has 0 saturated heterocycles. The van der Waals surface area contributed by atoms with E-state index in [-0.39, 0.29) is 5.91 Å². The number of nitrogens with two attached hydrogens (primary N) is 1. The summed E-state index contributed by atoms with van der Waals surface area (Å²) in [5.74, 6) is 5.36. The Morgan fingerprint density at radius 2 is 2.14 bits per heavy atom. The highest BCUT2D eigenvalue weighted by Crippen LogP contribution is 2.14. The maximum Gasteiger partial charge on any atom is 0.267 e. The fourth-order valence-electron chi connectivity index (χ4n) is 1.10. The Morgan fingerprint density at radius 1 is 1.50 bits per heavy atom. The first-order chi connectivity index (χ1) is 6.52. The molecule has 0 aromatic heterocycles. The van der Waals surface area contributed by atoms with Gasteiger partial charge in [-0.05, 0) is 31.5 Å². The van der Waals surface area contributed by atoms with Crippen molar-refractivity contribution in [2.75, 3.05) is 5.01 Å². The lowest BCUT2D eigenvalue weighted by Gasteiger charge is -2.16. The zero-order chi connectivity index (χ0) is 10.7. The van der Waals surface area contributed by atoms with Gasteiger partial charge in [0.25, 0.3) is 5.91 Å². The van der Waals surface area contributed by atoms with Crippen LogP contribution in [-0.4, -0.2) is 5.91 Å². The summed E-state index contributed by atoms with van der Waals surface area (Å²) in [5.41, 5.74) is 2.17. The van der Waals surface area contributed by atoms with E-state index in [1.165, 1.54) is 0 Å². The predicted octanol–water partition coefficient (Wildman–Crippen LogP) is 1.78. The molecule has 1 aromatic rings. The van der Waals surface area contributed by atoms with E-state index < -0.39 is 0 Å². The number of aryl methyl sites for hydroxylation is 1. The van der Waals surface area contributed by atoms with Crippen molar-refractivity contribution in [2.45, 2.75) is 13.8 Å². The molecule has 0 heterocycles. The first kappa shape index (κ1) is 10.5. The van der Waals surface area contributed by atoms with Crippen LogP contribution in [-0.2, 0) is 4.79 Å². The van der Waals surface area contributed by atoms with Gasteiger partial charge in [0.2, 0.25) is 0 Å². The van der Waals surface area contributed by atoms with Gasteiger partial charge in [0, 0.05) is 5.57 Å². The largest absolute Gasteiger partial charge is 0.268 e. The third-order valence-electron chi connectivity index (χ3n) is 1.86. The third-order valence-corrected chi connectivity index (χ3v) is 1.86. The molecule has 0 atom stereocenters. The number of hydrogen-bond acceptors (Lipinski definition) is 2. The van der Waals surface area contributed by atoms with Gasteiger partial charge >= 0.3 is 0 Å². The first-order valence-electron chi connectivity index (χ1n) is 4.33. The lowest BCUT2D eigenvalue weighted by atomic mass is 10.2. The smallest absolute Gasteiger partial charge is 0.267 e. The molecule has 0 aliphatic heterocycles. The number of hydrogen-bond donors (Lipinski definition) is 1. The van der Waals surface area contributed by atoms with E-state index in [1.807, 2.05) is 25.1 Å². The minimum absolute atomic E-state index is 0.268. The van der Waals surface area contributed by atoms with E-state index in [0.717, 1.165) is 10.6 Å². The highest BCUT2D eigenvalue weighted by Gasteiger charge is 2.11. The van der Waals surface area contributed by atoms with Gasteiger partial charge in [-0.25, -0.2) is 10.9 Å². The highest BCUT2D eigenvalue weighted by molar-refractivity contribution is 6.03.